The van der Waals surface area contributed by atoms with Gasteiger partial charge in [-0.05, 0) is 42.0 Å². The zero-order valence-corrected chi connectivity index (χ0v) is 14.5. The number of amides is 1. The predicted octanol–water partition coefficient (Wildman–Crippen LogP) is 1.68. The number of hydrogen-bond donors (Lipinski definition) is 2. The minimum absolute atomic E-state index is 0.00247. The number of aromatic carboxylic acids is 1. The van der Waals surface area contributed by atoms with Crippen molar-refractivity contribution in [3.05, 3.63) is 29.3 Å². The minimum atomic E-state index is -3.14. The Labute approximate surface area is 140 Å². The van der Waals surface area contributed by atoms with Crippen molar-refractivity contribution in [3.63, 3.8) is 0 Å². The Bertz CT molecular complexity index is 752. The molecule has 1 fully saturated rings. The predicted molar refractivity (Wildman–Crippen MR) is 88.7 cm³/mol. The fourth-order valence-corrected chi connectivity index (χ4v) is 4.29. The van der Waals surface area contributed by atoms with Crippen LogP contribution in [0, 0.1) is 5.41 Å². The van der Waals surface area contributed by atoms with Crippen LogP contribution in [0.3, 0.4) is 0 Å². The van der Waals surface area contributed by atoms with E-state index in [1.54, 1.807) is 6.07 Å². The van der Waals surface area contributed by atoms with Gasteiger partial charge < -0.3 is 15.2 Å². The average Bonchev–Trinajstić information content (AvgIpc) is 3.15. The number of carboxylic acids is 1. The van der Waals surface area contributed by atoms with Gasteiger partial charge in [-0.1, -0.05) is 0 Å². The lowest BCUT2D eigenvalue weighted by Gasteiger charge is -2.14. The van der Waals surface area contributed by atoms with Crippen molar-refractivity contribution >= 4 is 27.4 Å². The Morgan fingerprint density at radius 2 is 1.96 bits per heavy atom. The van der Waals surface area contributed by atoms with E-state index in [0.717, 1.165) is 0 Å². The SMILES string of the molecule is COCc1cc(NC(=O)CC2(CS(C)(=O)=O)CC2)cc(C(=O)O)c1. The summed E-state index contributed by atoms with van der Waals surface area (Å²) >= 11 is 0. The Balaban J connectivity index is 2.10. The molecule has 1 aromatic rings. The number of ether oxygens (including phenoxy) is 1. The topological polar surface area (TPSA) is 110 Å². The molecule has 0 radical (unpaired) electrons. The van der Waals surface area contributed by atoms with E-state index in [1.807, 2.05) is 0 Å². The quantitative estimate of drug-likeness (QED) is 0.734. The lowest BCUT2D eigenvalue weighted by Crippen LogP contribution is -2.23. The molecule has 0 heterocycles. The largest absolute Gasteiger partial charge is 0.478 e. The highest BCUT2D eigenvalue weighted by Crippen LogP contribution is 2.49. The highest BCUT2D eigenvalue weighted by atomic mass is 32.2. The van der Waals surface area contributed by atoms with Crippen molar-refractivity contribution in [2.24, 2.45) is 5.41 Å². The van der Waals surface area contributed by atoms with Crippen molar-refractivity contribution in [3.8, 4) is 0 Å². The van der Waals surface area contributed by atoms with Gasteiger partial charge in [0.2, 0.25) is 5.91 Å². The minimum Gasteiger partial charge on any atom is -0.478 e. The number of sulfone groups is 1. The first-order valence-electron chi connectivity index (χ1n) is 7.46. The normalized spacial score (nSPS) is 15.8. The number of anilines is 1. The van der Waals surface area contributed by atoms with Gasteiger partial charge in [0.05, 0.1) is 17.9 Å². The standard InChI is InChI=1S/C16H21NO6S/c1-23-9-11-5-12(15(19)20)7-13(6-11)17-14(18)8-16(3-4-16)10-24(2,21)22/h5-7H,3-4,8-10H2,1-2H3,(H,17,18)(H,19,20). The number of carbonyl (C=O) groups is 2. The highest BCUT2D eigenvalue weighted by molar-refractivity contribution is 7.90. The van der Waals surface area contributed by atoms with E-state index in [2.05, 4.69) is 5.32 Å². The first-order valence-corrected chi connectivity index (χ1v) is 9.52. The number of hydrogen-bond acceptors (Lipinski definition) is 5. The van der Waals surface area contributed by atoms with Gasteiger partial charge in [0.25, 0.3) is 0 Å². The van der Waals surface area contributed by atoms with Gasteiger partial charge in [0, 0.05) is 25.5 Å². The molecule has 1 saturated carbocycles. The molecule has 1 aromatic carbocycles. The molecule has 0 aromatic heterocycles. The van der Waals surface area contributed by atoms with Crippen LogP contribution in [0.1, 0.15) is 35.2 Å². The zero-order chi connectivity index (χ0) is 18.0. The van der Waals surface area contributed by atoms with E-state index < -0.39 is 21.2 Å². The lowest BCUT2D eigenvalue weighted by molar-refractivity contribution is -0.117. The molecule has 0 saturated heterocycles. The average molecular weight is 355 g/mol. The fourth-order valence-electron chi connectivity index (χ4n) is 2.79. The second-order valence-electron chi connectivity index (χ2n) is 6.45. The summed E-state index contributed by atoms with van der Waals surface area (Å²) in [5, 5.41) is 11.8. The van der Waals surface area contributed by atoms with E-state index in [-0.39, 0.29) is 30.3 Å². The molecule has 1 aliphatic rings. The third kappa shape index (κ3) is 5.31. The van der Waals surface area contributed by atoms with Gasteiger partial charge >= 0.3 is 5.97 Å². The summed E-state index contributed by atoms with van der Waals surface area (Å²) in [4.78, 5) is 23.4. The molecular formula is C16H21NO6S. The molecule has 8 heteroatoms. The maximum Gasteiger partial charge on any atom is 0.335 e. The van der Waals surface area contributed by atoms with Crippen molar-refractivity contribution in [2.45, 2.75) is 25.9 Å². The number of carboxylic acid groups (broad SMARTS) is 1. The molecule has 7 nitrogen and oxygen atoms in total. The van der Waals surface area contributed by atoms with Crippen LogP contribution in [0.15, 0.2) is 18.2 Å². The maximum absolute atomic E-state index is 12.2. The third-order valence-electron chi connectivity index (χ3n) is 3.90. The van der Waals surface area contributed by atoms with Gasteiger partial charge in [-0.25, -0.2) is 13.2 Å². The summed E-state index contributed by atoms with van der Waals surface area (Å²) in [5.41, 5.74) is 0.571. The van der Waals surface area contributed by atoms with Crippen molar-refractivity contribution in [1.29, 1.82) is 0 Å². The monoisotopic (exact) mass is 355 g/mol. The van der Waals surface area contributed by atoms with Crippen LogP contribution in [-0.2, 0) is 26.0 Å². The van der Waals surface area contributed by atoms with E-state index in [1.165, 1.54) is 25.5 Å². The summed E-state index contributed by atoms with van der Waals surface area (Å²) in [6, 6.07) is 4.49. The third-order valence-corrected chi connectivity index (χ3v) is 5.03. The maximum atomic E-state index is 12.2. The highest BCUT2D eigenvalue weighted by Gasteiger charge is 2.46. The van der Waals surface area contributed by atoms with Crippen molar-refractivity contribution in [2.75, 3.05) is 24.4 Å². The van der Waals surface area contributed by atoms with Gasteiger partial charge in [0.15, 0.2) is 0 Å². The molecule has 0 bridgehead atoms. The number of carbonyl (C=O) groups excluding carboxylic acids is 1. The fraction of sp³-hybridized carbons (Fsp3) is 0.500. The molecule has 0 spiro atoms. The molecular weight excluding hydrogens is 334 g/mol. The number of benzene rings is 1. The summed E-state index contributed by atoms with van der Waals surface area (Å²) in [7, 11) is -1.65. The van der Waals surface area contributed by atoms with Gasteiger partial charge in [0.1, 0.15) is 9.84 Å². The Hall–Kier alpha value is -1.93. The molecule has 2 N–H and O–H groups in total. The van der Waals surface area contributed by atoms with Crippen molar-refractivity contribution < 1.29 is 27.9 Å². The van der Waals surface area contributed by atoms with E-state index in [4.69, 9.17) is 9.84 Å². The molecule has 0 unspecified atom stereocenters. The summed E-state index contributed by atoms with van der Waals surface area (Å²) in [5.74, 6) is -1.42. The molecule has 0 atom stereocenters. The van der Waals surface area contributed by atoms with Crippen LogP contribution in [0.5, 0.6) is 0 Å². The zero-order valence-electron chi connectivity index (χ0n) is 13.7. The Morgan fingerprint density at radius 3 is 2.46 bits per heavy atom. The smallest absolute Gasteiger partial charge is 0.335 e. The number of methoxy groups -OCH3 is 1. The van der Waals surface area contributed by atoms with E-state index in [9.17, 15) is 18.0 Å². The van der Waals surface area contributed by atoms with Crippen molar-refractivity contribution in [1.82, 2.24) is 0 Å². The first kappa shape index (κ1) is 18.4. The first-order chi connectivity index (χ1) is 11.1. The molecule has 1 aliphatic carbocycles. The van der Waals surface area contributed by atoms with Crippen LogP contribution in [0.2, 0.25) is 0 Å². The van der Waals surface area contributed by atoms with Crippen LogP contribution in [-0.4, -0.2) is 44.5 Å². The Kier molecular flexibility index (Phi) is 5.29. The molecule has 132 valence electrons. The molecule has 2 rings (SSSR count). The second kappa shape index (κ2) is 6.90. The van der Waals surface area contributed by atoms with Crippen LogP contribution in [0.25, 0.3) is 0 Å². The molecule has 1 amide bonds. The summed E-state index contributed by atoms with van der Waals surface area (Å²) < 4.78 is 27.9. The number of rotatable bonds is 8. The van der Waals surface area contributed by atoms with Crippen LogP contribution in [0.4, 0.5) is 5.69 Å². The Morgan fingerprint density at radius 1 is 1.29 bits per heavy atom. The van der Waals surface area contributed by atoms with E-state index in [0.29, 0.717) is 24.1 Å². The van der Waals surface area contributed by atoms with E-state index >= 15 is 0 Å². The van der Waals surface area contributed by atoms with Gasteiger partial charge in [-0.2, -0.15) is 0 Å². The summed E-state index contributed by atoms with van der Waals surface area (Å²) in [6.07, 6.45) is 2.68. The molecule has 24 heavy (non-hydrogen) atoms. The van der Waals surface area contributed by atoms with Gasteiger partial charge in [-0.3, -0.25) is 4.79 Å². The van der Waals surface area contributed by atoms with Crippen LogP contribution >= 0.6 is 0 Å². The summed E-state index contributed by atoms with van der Waals surface area (Å²) in [6.45, 7) is 0.224. The van der Waals surface area contributed by atoms with Crippen LogP contribution < -0.4 is 5.32 Å². The number of nitrogens with one attached hydrogen (secondary N) is 1. The molecule has 0 aliphatic heterocycles. The lowest BCUT2D eigenvalue weighted by atomic mass is 10.0. The second-order valence-corrected chi connectivity index (χ2v) is 8.59. The van der Waals surface area contributed by atoms with Gasteiger partial charge in [-0.15, -0.1) is 0 Å².